The minimum atomic E-state index is -0.568. The molecule has 4 aliphatic carbocycles. The predicted molar refractivity (Wildman–Crippen MR) is 105 cm³/mol. The third-order valence-electron chi connectivity index (χ3n) is 6.93. The first kappa shape index (κ1) is 19.9. The molecule has 1 aromatic rings. The highest BCUT2D eigenvalue weighted by atomic mass is 16.5. The number of hydrogen-bond donors (Lipinski definition) is 2. The van der Waals surface area contributed by atoms with Crippen molar-refractivity contribution in [2.24, 2.45) is 17.8 Å². The van der Waals surface area contributed by atoms with E-state index in [9.17, 15) is 14.4 Å². The summed E-state index contributed by atoms with van der Waals surface area (Å²) in [4.78, 5) is 36.6. The van der Waals surface area contributed by atoms with E-state index >= 15 is 0 Å². The number of quaternary nitrogens is 1. The van der Waals surface area contributed by atoms with Gasteiger partial charge in [-0.2, -0.15) is 0 Å². The molecule has 1 amide bonds. The first-order chi connectivity index (χ1) is 13.9. The number of anilines is 1. The summed E-state index contributed by atoms with van der Waals surface area (Å²) >= 11 is 0. The van der Waals surface area contributed by atoms with Gasteiger partial charge in [-0.05, 0) is 55.2 Å². The fourth-order valence-electron chi connectivity index (χ4n) is 6.12. The van der Waals surface area contributed by atoms with Crippen molar-refractivity contribution in [3.8, 4) is 0 Å². The number of benzene rings is 1. The predicted octanol–water partition coefficient (Wildman–Crippen LogP) is 1.73. The van der Waals surface area contributed by atoms with E-state index in [0.717, 1.165) is 17.8 Å². The molecule has 4 fully saturated rings. The summed E-state index contributed by atoms with van der Waals surface area (Å²) in [7, 11) is 2.57. The van der Waals surface area contributed by atoms with Crippen molar-refractivity contribution in [3.63, 3.8) is 0 Å². The van der Waals surface area contributed by atoms with E-state index in [1.165, 1.54) is 70.9 Å². The molecule has 4 aliphatic rings. The Kier molecular flexibility index (Phi) is 5.34. The number of esters is 2. The van der Waals surface area contributed by atoms with E-state index in [0.29, 0.717) is 6.54 Å². The molecule has 156 valence electrons. The number of ether oxygens (including phenoxy) is 2. The van der Waals surface area contributed by atoms with Gasteiger partial charge in [-0.25, -0.2) is 9.59 Å². The van der Waals surface area contributed by atoms with Gasteiger partial charge in [0.2, 0.25) is 0 Å². The molecule has 1 aromatic carbocycles. The van der Waals surface area contributed by atoms with Crippen LogP contribution in [0, 0.1) is 17.8 Å². The highest BCUT2D eigenvalue weighted by Crippen LogP contribution is 2.54. The van der Waals surface area contributed by atoms with Gasteiger partial charge in [0, 0.05) is 19.3 Å². The van der Waals surface area contributed by atoms with Crippen LogP contribution in [0.4, 0.5) is 5.69 Å². The fraction of sp³-hybridized carbons (Fsp3) is 0.591. The second-order valence-corrected chi connectivity index (χ2v) is 8.98. The maximum Gasteiger partial charge on any atom is 0.339 e. The fourth-order valence-corrected chi connectivity index (χ4v) is 6.12. The van der Waals surface area contributed by atoms with Crippen molar-refractivity contribution in [1.29, 1.82) is 0 Å². The quantitative estimate of drug-likeness (QED) is 0.708. The lowest BCUT2D eigenvalue weighted by Crippen LogP contribution is -3.00. The molecule has 4 bridgehead atoms. The van der Waals surface area contributed by atoms with Gasteiger partial charge in [0.1, 0.15) is 0 Å². The molecule has 7 heteroatoms. The number of nitrogens with two attached hydrogens (primary N) is 1. The molecule has 29 heavy (non-hydrogen) atoms. The van der Waals surface area contributed by atoms with Crippen molar-refractivity contribution in [1.82, 2.24) is 0 Å². The highest BCUT2D eigenvalue weighted by Gasteiger charge is 2.53. The summed E-state index contributed by atoms with van der Waals surface area (Å²) in [6, 6.07) is 4.41. The van der Waals surface area contributed by atoms with Crippen LogP contribution in [-0.4, -0.2) is 44.1 Å². The standard InChI is InChI=1S/C22H28N2O5/c1-28-20(26)16-3-4-17(21(27)29-2)18(8-16)24-19(25)12-23-22-9-13-5-14(10-22)7-15(6-13)11-22/h3-4,8,13-15,23H,5-7,9-12H2,1-2H3,(H,24,25)/p+1. The van der Waals surface area contributed by atoms with Crippen LogP contribution >= 0.6 is 0 Å². The van der Waals surface area contributed by atoms with Crippen molar-refractivity contribution in [2.45, 2.75) is 44.1 Å². The van der Waals surface area contributed by atoms with Crippen LogP contribution in [0.15, 0.2) is 18.2 Å². The Hall–Kier alpha value is -2.41. The Morgan fingerprint density at radius 1 is 1.00 bits per heavy atom. The summed E-state index contributed by atoms with van der Waals surface area (Å²) in [5, 5.41) is 5.02. The molecule has 0 aliphatic heterocycles. The van der Waals surface area contributed by atoms with Gasteiger partial charge in [-0.15, -0.1) is 0 Å². The zero-order valence-electron chi connectivity index (χ0n) is 17.0. The lowest BCUT2D eigenvalue weighted by atomic mass is 9.53. The van der Waals surface area contributed by atoms with Crippen LogP contribution in [0.25, 0.3) is 0 Å². The smallest absolute Gasteiger partial charge is 0.339 e. The van der Waals surface area contributed by atoms with Gasteiger partial charge < -0.3 is 20.1 Å². The third kappa shape index (κ3) is 4.01. The van der Waals surface area contributed by atoms with E-state index in [1.807, 2.05) is 0 Å². The molecule has 0 aromatic heterocycles. The summed E-state index contributed by atoms with van der Waals surface area (Å²) < 4.78 is 9.53. The zero-order chi connectivity index (χ0) is 20.6. The lowest BCUT2D eigenvalue weighted by Gasteiger charge is -2.54. The van der Waals surface area contributed by atoms with Crippen molar-refractivity contribution >= 4 is 23.5 Å². The lowest BCUT2D eigenvalue weighted by molar-refractivity contribution is -0.729. The maximum absolute atomic E-state index is 12.7. The molecule has 0 atom stereocenters. The largest absolute Gasteiger partial charge is 0.465 e. The molecule has 7 nitrogen and oxygen atoms in total. The second-order valence-electron chi connectivity index (χ2n) is 8.98. The molecule has 0 spiro atoms. The summed E-state index contributed by atoms with van der Waals surface area (Å²) in [5.41, 5.74) is 0.943. The molecular weight excluding hydrogens is 372 g/mol. The first-order valence-corrected chi connectivity index (χ1v) is 10.4. The Morgan fingerprint density at radius 2 is 1.59 bits per heavy atom. The van der Waals surface area contributed by atoms with E-state index in [4.69, 9.17) is 9.47 Å². The van der Waals surface area contributed by atoms with Gasteiger partial charge in [-0.1, -0.05) is 0 Å². The normalized spacial score (nSPS) is 29.4. The third-order valence-corrected chi connectivity index (χ3v) is 6.93. The maximum atomic E-state index is 12.7. The van der Waals surface area contributed by atoms with Gasteiger partial charge in [0.25, 0.3) is 5.91 Å². The van der Waals surface area contributed by atoms with E-state index < -0.39 is 11.9 Å². The number of carbonyl (C=O) groups is 3. The average molecular weight is 401 g/mol. The molecule has 4 saturated carbocycles. The topological polar surface area (TPSA) is 98.3 Å². The molecule has 0 radical (unpaired) electrons. The number of methoxy groups -OCH3 is 2. The molecule has 0 saturated heterocycles. The summed E-state index contributed by atoms with van der Waals surface area (Å²) in [6.45, 7) is 0.301. The first-order valence-electron chi connectivity index (χ1n) is 10.4. The van der Waals surface area contributed by atoms with E-state index in [1.54, 1.807) is 0 Å². The van der Waals surface area contributed by atoms with E-state index in [-0.39, 0.29) is 28.3 Å². The number of hydrogen-bond acceptors (Lipinski definition) is 5. The molecule has 0 unspecified atom stereocenters. The number of carbonyl (C=O) groups excluding carboxylic acids is 3. The minimum Gasteiger partial charge on any atom is -0.465 e. The van der Waals surface area contributed by atoms with Crippen LogP contribution < -0.4 is 10.6 Å². The second kappa shape index (κ2) is 7.78. The Labute approximate surface area is 170 Å². The molecular formula is C22H29N2O5+. The van der Waals surface area contributed by atoms with Crippen molar-refractivity contribution in [3.05, 3.63) is 29.3 Å². The Bertz CT molecular complexity index is 799. The highest BCUT2D eigenvalue weighted by molar-refractivity contribution is 6.03. The summed E-state index contributed by atoms with van der Waals surface area (Å²) in [5.74, 6) is 1.18. The van der Waals surface area contributed by atoms with Crippen molar-refractivity contribution < 1.29 is 29.2 Å². The minimum absolute atomic E-state index is 0.187. The van der Waals surface area contributed by atoms with Gasteiger partial charge in [0.05, 0.1) is 36.6 Å². The SMILES string of the molecule is COC(=O)c1ccc(C(=O)OC)c(NC(=O)C[NH2+]C23CC4CC(CC(C4)C2)C3)c1. The molecule has 3 N–H and O–H groups in total. The number of nitrogens with one attached hydrogen (secondary N) is 1. The Morgan fingerprint density at radius 3 is 2.14 bits per heavy atom. The van der Waals surface area contributed by atoms with Crippen LogP contribution in [0.2, 0.25) is 0 Å². The van der Waals surface area contributed by atoms with Crippen LogP contribution in [0.3, 0.4) is 0 Å². The number of rotatable bonds is 6. The zero-order valence-corrected chi connectivity index (χ0v) is 17.0. The molecule has 5 rings (SSSR count). The number of amides is 1. The van der Waals surface area contributed by atoms with Gasteiger partial charge >= 0.3 is 11.9 Å². The monoisotopic (exact) mass is 401 g/mol. The summed E-state index contributed by atoms with van der Waals surface area (Å²) in [6.07, 6.45) is 7.71. The van der Waals surface area contributed by atoms with Crippen LogP contribution in [0.5, 0.6) is 0 Å². The van der Waals surface area contributed by atoms with Crippen molar-refractivity contribution in [2.75, 3.05) is 26.1 Å². The van der Waals surface area contributed by atoms with Crippen LogP contribution in [-0.2, 0) is 14.3 Å². The van der Waals surface area contributed by atoms with Gasteiger partial charge in [0.15, 0.2) is 6.54 Å². The van der Waals surface area contributed by atoms with Gasteiger partial charge in [-0.3, -0.25) is 4.79 Å². The average Bonchev–Trinajstić information content (AvgIpc) is 2.70. The van der Waals surface area contributed by atoms with E-state index in [2.05, 4.69) is 10.6 Å². The molecule has 0 heterocycles. The Balaban J connectivity index is 1.45. The van der Waals surface area contributed by atoms with Crippen LogP contribution in [0.1, 0.15) is 59.2 Å².